The lowest BCUT2D eigenvalue weighted by Gasteiger charge is -1.98. The van der Waals surface area contributed by atoms with Crippen LogP contribution in [-0.4, -0.2) is 16.3 Å². The Hall–Kier alpha value is -2.03. The van der Waals surface area contributed by atoms with E-state index in [-0.39, 0.29) is 0 Å². The van der Waals surface area contributed by atoms with Gasteiger partial charge in [0.2, 0.25) is 0 Å². The van der Waals surface area contributed by atoms with Crippen molar-refractivity contribution in [1.29, 1.82) is 0 Å². The molecular formula is C13H12N2O. The zero-order valence-electron chi connectivity index (χ0n) is 9.05. The van der Waals surface area contributed by atoms with Crippen LogP contribution in [0, 0.1) is 0 Å². The van der Waals surface area contributed by atoms with Gasteiger partial charge in [0, 0.05) is 0 Å². The summed E-state index contributed by atoms with van der Waals surface area (Å²) in [5.74, 6) is 0. The molecule has 0 bridgehead atoms. The molecule has 16 heavy (non-hydrogen) atoms. The number of fused-ring (bicyclic) bond motifs is 1. The molecule has 3 heteroatoms. The van der Waals surface area contributed by atoms with Gasteiger partial charge in [0.25, 0.3) is 0 Å². The van der Waals surface area contributed by atoms with Gasteiger partial charge >= 0.3 is 0 Å². The van der Waals surface area contributed by atoms with E-state index in [0.717, 1.165) is 28.6 Å². The van der Waals surface area contributed by atoms with E-state index < -0.39 is 0 Å². The largest absolute Gasteiger partial charge is 0.298 e. The fourth-order valence-corrected chi connectivity index (χ4v) is 1.45. The van der Waals surface area contributed by atoms with Crippen molar-refractivity contribution in [3.05, 3.63) is 41.7 Å². The summed E-state index contributed by atoms with van der Waals surface area (Å²) in [6, 6.07) is 7.67. The Morgan fingerprint density at radius 1 is 1.31 bits per heavy atom. The first-order valence-electron chi connectivity index (χ1n) is 5.21. The number of rotatable bonds is 3. The van der Waals surface area contributed by atoms with Crippen LogP contribution in [0.25, 0.3) is 17.1 Å². The van der Waals surface area contributed by atoms with Crippen molar-refractivity contribution in [2.75, 3.05) is 0 Å². The third-order valence-electron chi connectivity index (χ3n) is 2.36. The molecule has 0 radical (unpaired) electrons. The van der Waals surface area contributed by atoms with Crippen LogP contribution in [0.2, 0.25) is 0 Å². The molecule has 0 aliphatic carbocycles. The van der Waals surface area contributed by atoms with E-state index in [1.54, 1.807) is 12.3 Å². The maximum atomic E-state index is 10.7. The second-order valence-corrected chi connectivity index (χ2v) is 3.47. The molecule has 0 aliphatic rings. The highest BCUT2D eigenvalue weighted by atomic mass is 16.1. The third kappa shape index (κ3) is 2.14. The Balaban J connectivity index is 2.47. The average molecular weight is 212 g/mol. The lowest BCUT2D eigenvalue weighted by molar-refractivity contribution is -0.104. The van der Waals surface area contributed by atoms with Gasteiger partial charge < -0.3 is 0 Å². The van der Waals surface area contributed by atoms with Crippen LogP contribution >= 0.6 is 0 Å². The van der Waals surface area contributed by atoms with Crippen LogP contribution in [0.4, 0.5) is 0 Å². The fourth-order valence-electron chi connectivity index (χ4n) is 1.45. The minimum atomic E-state index is 0.706. The van der Waals surface area contributed by atoms with Crippen LogP contribution in [0.1, 0.15) is 19.0 Å². The van der Waals surface area contributed by atoms with Crippen molar-refractivity contribution in [1.82, 2.24) is 9.97 Å². The SMILES string of the molecule is CCC(C=O)=Cc1cnc2ccccc2n1. The van der Waals surface area contributed by atoms with E-state index in [0.29, 0.717) is 6.42 Å². The minimum Gasteiger partial charge on any atom is -0.298 e. The number of nitrogens with zero attached hydrogens (tertiary/aromatic N) is 2. The Bertz CT molecular complexity index is 546. The maximum absolute atomic E-state index is 10.7. The highest BCUT2D eigenvalue weighted by Gasteiger charge is 1.98. The minimum absolute atomic E-state index is 0.706. The second kappa shape index (κ2) is 4.66. The Morgan fingerprint density at radius 3 is 2.75 bits per heavy atom. The smallest absolute Gasteiger partial charge is 0.146 e. The number of allylic oxidation sites excluding steroid dienone is 1. The summed E-state index contributed by atoms with van der Waals surface area (Å²) in [5, 5.41) is 0. The molecule has 2 aromatic rings. The van der Waals surface area contributed by atoms with Gasteiger partial charge in [-0.05, 0) is 30.2 Å². The lowest BCUT2D eigenvalue weighted by Crippen LogP contribution is -1.89. The number of aldehydes is 1. The van der Waals surface area contributed by atoms with Crippen LogP contribution in [0.5, 0.6) is 0 Å². The van der Waals surface area contributed by atoms with Crippen LogP contribution in [-0.2, 0) is 4.79 Å². The molecule has 0 saturated carbocycles. The molecule has 0 amide bonds. The highest BCUT2D eigenvalue weighted by molar-refractivity contribution is 5.82. The fraction of sp³-hybridized carbons (Fsp3) is 0.154. The van der Waals surface area contributed by atoms with Gasteiger partial charge in [0.1, 0.15) is 6.29 Å². The van der Waals surface area contributed by atoms with E-state index in [1.807, 2.05) is 31.2 Å². The molecule has 3 nitrogen and oxygen atoms in total. The Labute approximate surface area is 93.8 Å². The van der Waals surface area contributed by atoms with Crippen molar-refractivity contribution < 1.29 is 4.79 Å². The Morgan fingerprint density at radius 2 is 2.06 bits per heavy atom. The zero-order chi connectivity index (χ0) is 11.4. The van der Waals surface area contributed by atoms with Gasteiger partial charge in [-0.3, -0.25) is 9.78 Å². The van der Waals surface area contributed by atoms with Gasteiger partial charge in [0.15, 0.2) is 0 Å². The molecule has 1 heterocycles. The number of carbonyl (C=O) groups is 1. The summed E-state index contributed by atoms with van der Waals surface area (Å²) in [4.78, 5) is 19.4. The topological polar surface area (TPSA) is 42.9 Å². The molecular weight excluding hydrogens is 200 g/mol. The van der Waals surface area contributed by atoms with Crippen LogP contribution < -0.4 is 0 Å². The summed E-state index contributed by atoms with van der Waals surface area (Å²) in [5.41, 5.74) is 3.16. The van der Waals surface area contributed by atoms with Crippen LogP contribution in [0.3, 0.4) is 0 Å². The third-order valence-corrected chi connectivity index (χ3v) is 2.36. The first-order valence-corrected chi connectivity index (χ1v) is 5.21. The lowest BCUT2D eigenvalue weighted by atomic mass is 10.2. The molecule has 0 spiro atoms. The number of para-hydroxylation sites is 2. The van der Waals surface area contributed by atoms with Gasteiger partial charge in [-0.25, -0.2) is 4.98 Å². The highest BCUT2D eigenvalue weighted by Crippen LogP contribution is 2.11. The van der Waals surface area contributed by atoms with Gasteiger partial charge in [-0.15, -0.1) is 0 Å². The first kappa shape index (κ1) is 10.5. The van der Waals surface area contributed by atoms with Gasteiger partial charge in [0.05, 0.1) is 22.9 Å². The number of hydrogen-bond donors (Lipinski definition) is 0. The average Bonchev–Trinajstić information content (AvgIpc) is 2.35. The van der Waals surface area contributed by atoms with E-state index in [4.69, 9.17) is 0 Å². The number of carbonyl (C=O) groups excluding carboxylic acids is 1. The molecule has 0 unspecified atom stereocenters. The monoisotopic (exact) mass is 212 g/mol. The molecule has 1 aromatic heterocycles. The van der Waals surface area contributed by atoms with E-state index in [2.05, 4.69) is 9.97 Å². The van der Waals surface area contributed by atoms with Crippen molar-refractivity contribution in [3.63, 3.8) is 0 Å². The summed E-state index contributed by atoms with van der Waals surface area (Å²) in [6.07, 6.45) is 5.02. The van der Waals surface area contributed by atoms with E-state index >= 15 is 0 Å². The molecule has 0 atom stereocenters. The zero-order valence-corrected chi connectivity index (χ0v) is 9.05. The van der Waals surface area contributed by atoms with Crippen molar-refractivity contribution in [2.24, 2.45) is 0 Å². The van der Waals surface area contributed by atoms with Gasteiger partial charge in [-0.2, -0.15) is 0 Å². The maximum Gasteiger partial charge on any atom is 0.146 e. The molecule has 0 aliphatic heterocycles. The standard InChI is InChI=1S/C13H12N2O/c1-2-10(9-16)7-11-8-14-12-5-3-4-6-13(12)15-11/h3-9H,2H2,1H3. The summed E-state index contributed by atoms with van der Waals surface area (Å²) in [7, 11) is 0. The quantitative estimate of drug-likeness (QED) is 0.580. The second-order valence-electron chi connectivity index (χ2n) is 3.47. The van der Waals surface area contributed by atoms with Crippen molar-refractivity contribution in [2.45, 2.75) is 13.3 Å². The summed E-state index contributed by atoms with van der Waals surface area (Å²) in [6.45, 7) is 1.94. The Kier molecular flexibility index (Phi) is 3.05. The summed E-state index contributed by atoms with van der Waals surface area (Å²) >= 11 is 0. The van der Waals surface area contributed by atoms with Crippen molar-refractivity contribution in [3.8, 4) is 0 Å². The molecule has 0 saturated heterocycles. The molecule has 80 valence electrons. The predicted octanol–water partition coefficient (Wildman–Crippen LogP) is 2.62. The molecule has 0 fully saturated rings. The number of benzene rings is 1. The first-order chi connectivity index (χ1) is 7.83. The normalized spacial score (nSPS) is 11.7. The van der Waals surface area contributed by atoms with E-state index in [9.17, 15) is 4.79 Å². The molecule has 1 aromatic carbocycles. The van der Waals surface area contributed by atoms with Gasteiger partial charge in [-0.1, -0.05) is 19.1 Å². The molecule has 2 rings (SSSR count). The number of aromatic nitrogens is 2. The number of hydrogen-bond acceptors (Lipinski definition) is 3. The summed E-state index contributed by atoms with van der Waals surface area (Å²) < 4.78 is 0. The van der Waals surface area contributed by atoms with Crippen molar-refractivity contribution >= 4 is 23.4 Å². The molecule has 0 N–H and O–H groups in total. The van der Waals surface area contributed by atoms with Crippen LogP contribution in [0.15, 0.2) is 36.0 Å². The predicted molar refractivity (Wildman–Crippen MR) is 63.9 cm³/mol. The van der Waals surface area contributed by atoms with E-state index in [1.165, 1.54) is 0 Å².